The maximum atomic E-state index is 5.17. The van der Waals surface area contributed by atoms with Crippen molar-refractivity contribution in [3.05, 3.63) is 236 Å². The number of rotatable bonds is 5. The molecule has 0 unspecified atom stereocenters. The number of aromatic nitrogens is 4. The van der Waals surface area contributed by atoms with Gasteiger partial charge in [-0.05, 0) is 115 Å². The van der Waals surface area contributed by atoms with Gasteiger partial charge < -0.3 is 9.47 Å². The van der Waals surface area contributed by atoms with Crippen LogP contribution >= 0.6 is 0 Å². The molecule has 0 N–H and O–H groups in total. The van der Waals surface area contributed by atoms with E-state index in [4.69, 9.17) is 15.0 Å². The van der Waals surface area contributed by atoms with Crippen molar-refractivity contribution in [2.75, 3.05) is 4.90 Å². The molecule has 0 saturated heterocycles. The largest absolute Gasteiger partial charge is 0.310 e. The summed E-state index contributed by atoms with van der Waals surface area (Å²) in [5.74, 6) is 1.89. The molecule has 0 aliphatic carbocycles. The van der Waals surface area contributed by atoms with Crippen LogP contribution in [0.1, 0.15) is 25.0 Å². The number of para-hydroxylation sites is 1. The van der Waals surface area contributed by atoms with Crippen molar-refractivity contribution in [1.82, 2.24) is 19.5 Å². The first-order valence-electron chi connectivity index (χ1n) is 23.7. The van der Waals surface area contributed by atoms with Gasteiger partial charge in [0.1, 0.15) is 0 Å². The average Bonchev–Trinajstić information content (AvgIpc) is 3.72. The molecule has 3 heterocycles. The van der Waals surface area contributed by atoms with Crippen molar-refractivity contribution >= 4 is 82.0 Å². The van der Waals surface area contributed by atoms with Crippen molar-refractivity contribution in [3.63, 3.8) is 0 Å². The lowest BCUT2D eigenvalue weighted by molar-refractivity contribution is 0.634. The van der Waals surface area contributed by atoms with Gasteiger partial charge in [-0.3, -0.25) is 0 Å². The van der Waals surface area contributed by atoms with Gasteiger partial charge in [-0.2, -0.15) is 0 Å². The summed E-state index contributed by atoms with van der Waals surface area (Å²) >= 11 is 0. The average molecular weight is 882 g/mol. The zero-order valence-corrected chi connectivity index (χ0v) is 38.1. The second-order valence-electron chi connectivity index (χ2n) is 18.8. The molecule has 0 bridgehead atoms. The SMILES string of the molecule is CC1(C)c2cc3ccccc3cc2N(c2cccc(-c3nc(-c4ccccc4)nc(-c4ccccc4)n3)c2)c2cc3c(cc21)c1cc2c4ccccc4c4ccccc4c2cc1n3-c1ccccc1. The van der Waals surface area contributed by atoms with E-state index in [0.29, 0.717) is 17.5 Å². The van der Waals surface area contributed by atoms with Crippen LogP contribution in [-0.4, -0.2) is 19.5 Å². The van der Waals surface area contributed by atoms with Gasteiger partial charge in [0.2, 0.25) is 0 Å². The molecular weight excluding hydrogens is 839 g/mol. The van der Waals surface area contributed by atoms with E-state index < -0.39 is 0 Å². The number of benzene rings is 11. The predicted molar refractivity (Wildman–Crippen MR) is 287 cm³/mol. The monoisotopic (exact) mass is 881 g/mol. The smallest absolute Gasteiger partial charge is 0.164 e. The quantitative estimate of drug-likeness (QED) is 0.162. The highest BCUT2D eigenvalue weighted by molar-refractivity contribution is 6.29. The minimum atomic E-state index is -0.360. The predicted octanol–water partition coefficient (Wildman–Crippen LogP) is 16.7. The second kappa shape index (κ2) is 15.0. The summed E-state index contributed by atoms with van der Waals surface area (Å²) in [4.78, 5) is 17.8. The van der Waals surface area contributed by atoms with Gasteiger partial charge in [0, 0.05) is 44.3 Å². The highest BCUT2D eigenvalue weighted by Crippen LogP contribution is 2.55. The molecule has 0 fully saturated rings. The fourth-order valence-corrected chi connectivity index (χ4v) is 11.2. The zero-order valence-electron chi connectivity index (χ0n) is 38.1. The van der Waals surface area contributed by atoms with Crippen molar-refractivity contribution < 1.29 is 0 Å². The van der Waals surface area contributed by atoms with Gasteiger partial charge in [0.05, 0.1) is 22.4 Å². The van der Waals surface area contributed by atoms with Gasteiger partial charge in [-0.1, -0.05) is 178 Å². The fraction of sp³-hybridized carbons (Fsp3) is 0.0469. The summed E-state index contributed by atoms with van der Waals surface area (Å²) in [6, 6.07) is 81.1. The lowest BCUT2D eigenvalue weighted by Gasteiger charge is -2.42. The third-order valence-corrected chi connectivity index (χ3v) is 14.5. The van der Waals surface area contributed by atoms with E-state index in [9.17, 15) is 0 Å². The Balaban J connectivity index is 1.06. The van der Waals surface area contributed by atoms with Gasteiger partial charge in [0.25, 0.3) is 0 Å². The first kappa shape index (κ1) is 39.3. The van der Waals surface area contributed by atoms with Crippen LogP contribution in [0, 0.1) is 0 Å². The molecule has 1 aliphatic rings. The van der Waals surface area contributed by atoms with E-state index in [1.54, 1.807) is 0 Å². The van der Waals surface area contributed by atoms with Crippen molar-refractivity contribution in [3.8, 4) is 39.9 Å². The number of nitrogens with zero attached hydrogens (tertiary/aromatic N) is 5. The Labute approximate surface area is 399 Å². The fourth-order valence-electron chi connectivity index (χ4n) is 11.2. The van der Waals surface area contributed by atoms with Gasteiger partial charge in [0.15, 0.2) is 17.5 Å². The number of fused-ring (bicyclic) bond motifs is 12. The summed E-state index contributed by atoms with van der Waals surface area (Å²) in [5, 5.41) is 12.5. The summed E-state index contributed by atoms with van der Waals surface area (Å²) in [7, 11) is 0. The third kappa shape index (κ3) is 6.07. The van der Waals surface area contributed by atoms with Crippen LogP contribution in [0.4, 0.5) is 17.1 Å². The molecular formula is C64H43N5. The standard InChI is InChI=1S/C64H43N5/c1-64(2)55-34-42-23-12-13-24-43(42)35-59(55)69(46-28-18-25-44(33-46)63-66-61(40-19-6-3-7-20-40)65-62(67-63)41-21-8-4-9-22-41)60-39-58-54(37-56(60)64)53-36-51-49-31-16-14-29-47(49)48-30-15-17-32-50(48)52(51)38-57(53)68(58)45-26-10-5-11-27-45/h3-39H,1-2H3. The Bertz CT molecular complexity index is 4160. The summed E-state index contributed by atoms with van der Waals surface area (Å²) in [5.41, 5.74) is 11.7. The molecule has 0 radical (unpaired) electrons. The molecule has 5 nitrogen and oxygen atoms in total. The Morgan fingerprint density at radius 3 is 1.38 bits per heavy atom. The lowest BCUT2D eigenvalue weighted by Crippen LogP contribution is -2.30. The maximum absolute atomic E-state index is 5.17. The lowest BCUT2D eigenvalue weighted by atomic mass is 9.72. The minimum Gasteiger partial charge on any atom is -0.310 e. The summed E-state index contributed by atoms with van der Waals surface area (Å²) in [6.07, 6.45) is 0. The van der Waals surface area contributed by atoms with Crippen LogP contribution in [0.2, 0.25) is 0 Å². The van der Waals surface area contributed by atoms with Crippen LogP contribution in [-0.2, 0) is 5.41 Å². The van der Waals surface area contributed by atoms with Gasteiger partial charge in [-0.25, -0.2) is 15.0 Å². The minimum absolute atomic E-state index is 0.360. The zero-order chi connectivity index (χ0) is 45.8. The van der Waals surface area contributed by atoms with Gasteiger partial charge in [-0.15, -0.1) is 0 Å². The highest BCUT2D eigenvalue weighted by atomic mass is 15.2. The molecule has 5 heteroatoms. The second-order valence-corrected chi connectivity index (χ2v) is 18.8. The molecule has 0 atom stereocenters. The Morgan fingerprint density at radius 2 is 0.754 bits per heavy atom. The van der Waals surface area contributed by atoms with Crippen LogP contribution in [0.3, 0.4) is 0 Å². The Morgan fingerprint density at radius 1 is 0.319 bits per heavy atom. The van der Waals surface area contributed by atoms with E-state index in [1.807, 2.05) is 36.4 Å². The first-order valence-corrected chi connectivity index (χ1v) is 23.7. The summed E-state index contributed by atoms with van der Waals surface area (Å²) < 4.78 is 2.48. The Hall–Kier alpha value is -8.93. The third-order valence-electron chi connectivity index (χ3n) is 14.5. The van der Waals surface area contributed by atoms with E-state index in [1.165, 1.54) is 70.5 Å². The van der Waals surface area contributed by atoms with E-state index in [-0.39, 0.29) is 5.41 Å². The molecule has 2 aromatic heterocycles. The maximum Gasteiger partial charge on any atom is 0.164 e. The molecule has 1 aliphatic heterocycles. The molecule has 324 valence electrons. The number of anilines is 3. The van der Waals surface area contributed by atoms with Crippen molar-refractivity contribution in [1.29, 1.82) is 0 Å². The van der Waals surface area contributed by atoms with E-state index in [0.717, 1.165) is 45.0 Å². The molecule has 69 heavy (non-hydrogen) atoms. The van der Waals surface area contributed by atoms with Gasteiger partial charge >= 0.3 is 0 Å². The number of hydrogen-bond acceptors (Lipinski definition) is 4. The van der Waals surface area contributed by atoms with Crippen LogP contribution in [0.25, 0.3) is 105 Å². The van der Waals surface area contributed by atoms with Crippen molar-refractivity contribution in [2.45, 2.75) is 19.3 Å². The molecule has 14 rings (SSSR count). The molecule has 11 aromatic carbocycles. The normalized spacial score (nSPS) is 13.2. The van der Waals surface area contributed by atoms with Crippen molar-refractivity contribution in [2.24, 2.45) is 0 Å². The molecule has 0 saturated carbocycles. The molecule has 13 aromatic rings. The van der Waals surface area contributed by atoms with E-state index in [2.05, 4.69) is 211 Å². The first-order chi connectivity index (χ1) is 34.0. The molecule has 0 amide bonds. The number of hydrogen-bond donors (Lipinski definition) is 0. The topological polar surface area (TPSA) is 46.8 Å². The summed E-state index contributed by atoms with van der Waals surface area (Å²) in [6.45, 7) is 4.79. The van der Waals surface area contributed by atoms with E-state index >= 15 is 0 Å². The van der Waals surface area contributed by atoms with Crippen LogP contribution < -0.4 is 4.90 Å². The highest BCUT2D eigenvalue weighted by Gasteiger charge is 2.38. The Kier molecular flexibility index (Phi) is 8.56. The molecule has 0 spiro atoms. The van der Waals surface area contributed by atoms with Crippen LogP contribution in [0.15, 0.2) is 224 Å². The van der Waals surface area contributed by atoms with Crippen LogP contribution in [0.5, 0.6) is 0 Å².